The molecule has 1 aromatic heterocycles. The maximum Gasteiger partial charge on any atom is 0.411 e. The number of cyclic esters (lactones) is 1. The zero-order valence-corrected chi connectivity index (χ0v) is 30.9. The number of Topliss-reactive ketones (excluding diaryl/α,β-unsaturated/α-hetero) is 1. The molecule has 0 aliphatic carbocycles. The van der Waals surface area contributed by atoms with E-state index in [9.17, 15) is 14.4 Å². The molecule has 0 bridgehead atoms. The molecule has 2 aliphatic rings. The Hall–Kier alpha value is -3.71. The van der Waals surface area contributed by atoms with Gasteiger partial charge in [0.2, 0.25) is 0 Å². The first-order valence-corrected chi connectivity index (χ1v) is 17.5. The molecule has 49 heavy (non-hydrogen) atoms. The number of fused-ring (bicyclic) bond motifs is 1. The number of nitrogens with zero attached hydrogens (tertiary/aromatic N) is 5. The number of esters is 1. The molecule has 268 valence electrons. The van der Waals surface area contributed by atoms with Gasteiger partial charge in [-0.1, -0.05) is 50.3 Å². The van der Waals surface area contributed by atoms with E-state index >= 15 is 0 Å². The molecule has 2 saturated heterocycles. The average molecular weight is 679 g/mol. The number of hydrogen-bond acceptors (Lipinski definition) is 10. The van der Waals surface area contributed by atoms with Crippen molar-refractivity contribution in [1.82, 2.24) is 24.8 Å². The van der Waals surface area contributed by atoms with Gasteiger partial charge in [0.05, 0.1) is 24.4 Å². The van der Waals surface area contributed by atoms with Gasteiger partial charge in [0, 0.05) is 43.4 Å². The number of nitrogens with two attached hydrogens (primary N) is 1. The first-order chi connectivity index (χ1) is 23.1. The normalized spacial score (nSPS) is 33.9. The van der Waals surface area contributed by atoms with Crippen LogP contribution in [0.4, 0.5) is 10.5 Å². The summed E-state index contributed by atoms with van der Waals surface area (Å²) in [6.07, 6.45) is 5.56. The second kappa shape index (κ2) is 15.5. The van der Waals surface area contributed by atoms with Crippen LogP contribution in [0.1, 0.15) is 61.3 Å². The molecule has 0 unspecified atom stereocenters. The third-order valence-corrected chi connectivity index (χ3v) is 11.1. The quantitative estimate of drug-likeness (QED) is 0.150. The third kappa shape index (κ3) is 8.04. The predicted octanol–water partition coefficient (Wildman–Crippen LogP) is 4.01. The molecule has 12 nitrogen and oxygen atoms in total. The number of amides is 1. The van der Waals surface area contributed by atoms with Gasteiger partial charge in [-0.15, -0.1) is 5.10 Å². The number of benzene rings is 1. The number of allylic oxidation sites excluding steroid dienone is 1. The summed E-state index contributed by atoms with van der Waals surface area (Å²) in [5, 5.41) is 8.51. The van der Waals surface area contributed by atoms with Crippen LogP contribution in [0.25, 0.3) is 11.3 Å². The van der Waals surface area contributed by atoms with Crippen LogP contribution in [0, 0.1) is 17.8 Å². The molecule has 3 heterocycles. The fourth-order valence-electron chi connectivity index (χ4n) is 7.75. The highest BCUT2D eigenvalue weighted by molar-refractivity contribution is 6.15. The lowest BCUT2D eigenvalue weighted by molar-refractivity contribution is -0.171. The van der Waals surface area contributed by atoms with Crippen molar-refractivity contribution < 1.29 is 28.6 Å². The summed E-state index contributed by atoms with van der Waals surface area (Å²) < 4.78 is 20.1. The largest absolute Gasteiger partial charge is 0.458 e. The van der Waals surface area contributed by atoms with E-state index in [2.05, 4.69) is 29.1 Å². The van der Waals surface area contributed by atoms with Crippen LogP contribution < -0.4 is 5.73 Å². The maximum atomic E-state index is 13.7. The van der Waals surface area contributed by atoms with Crippen molar-refractivity contribution in [3.63, 3.8) is 0 Å². The highest BCUT2D eigenvalue weighted by atomic mass is 16.6. The van der Waals surface area contributed by atoms with Crippen molar-refractivity contribution in [1.29, 1.82) is 0 Å². The van der Waals surface area contributed by atoms with E-state index in [1.807, 2.05) is 85.2 Å². The minimum absolute atomic E-state index is 0.140. The van der Waals surface area contributed by atoms with Crippen LogP contribution in [0.15, 0.2) is 42.6 Å². The van der Waals surface area contributed by atoms with E-state index in [-0.39, 0.29) is 30.1 Å². The Labute approximate surface area is 292 Å². The standard InChI is InChI=1S/C36H55BN6O6/c1-10-29-36(7)32(43(34(46)49-36)17-12-11-16-42-21-28(39-40-42)26-14-13-15-27(38)18-26)25(5)41(8)20-22(2)19-35(6,47-9)31(37)23(3)30(44)24(4)33(45)48-29/h11-15,18,21-25,29,31-32H,10,16-17,19-20,37-38H2,1-9H3/b12-11+/t22-,23+,24-,25-,29-,31-,32-,35-,36-/m1/s1. The molecule has 1 aromatic carbocycles. The number of hydrogen-bond donors (Lipinski definition) is 1. The smallest absolute Gasteiger partial charge is 0.411 e. The summed E-state index contributed by atoms with van der Waals surface area (Å²) in [5.41, 5.74) is 6.41. The number of likely N-dealkylation sites (N-methyl/N-ethyl adjacent to an activating group) is 1. The van der Waals surface area contributed by atoms with E-state index in [1.165, 1.54) is 0 Å². The zero-order chi connectivity index (χ0) is 36.3. The summed E-state index contributed by atoms with van der Waals surface area (Å²) in [6.45, 7) is 15.0. The minimum atomic E-state index is -1.17. The van der Waals surface area contributed by atoms with Crippen molar-refractivity contribution in [3.8, 4) is 11.3 Å². The number of carbonyl (C=O) groups excluding carboxylic acids is 3. The molecular weight excluding hydrogens is 623 g/mol. The minimum Gasteiger partial charge on any atom is -0.458 e. The molecular formula is C36H55BN6O6. The first kappa shape index (κ1) is 38.1. The Kier molecular flexibility index (Phi) is 12.0. The number of rotatable bonds is 7. The van der Waals surface area contributed by atoms with Gasteiger partial charge >= 0.3 is 12.1 Å². The number of nitrogen functional groups attached to an aromatic ring is 1. The molecule has 2 N–H and O–H groups in total. The fraction of sp³-hybridized carbons (Fsp3) is 0.639. The van der Waals surface area contributed by atoms with Crippen LogP contribution >= 0.6 is 0 Å². The van der Waals surface area contributed by atoms with Crippen LogP contribution in [-0.4, -0.2) is 107 Å². The molecule has 1 amide bonds. The third-order valence-electron chi connectivity index (χ3n) is 11.1. The van der Waals surface area contributed by atoms with Crippen LogP contribution in [0.3, 0.4) is 0 Å². The summed E-state index contributed by atoms with van der Waals surface area (Å²) in [6, 6.07) is 6.83. The molecule has 2 aromatic rings. The predicted molar refractivity (Wildman–Crippen MR) is 191 cm³/mol. The van der Waals surface area contributed by atoms with Crippen molar-refractivity contribution in [2.24, 2.45) is 17.8 Å². The highest BCUT2D eigenvalue weighted by Crippen LogP contribution is 2.41. The fourth-order valence-corrected chi connectivity index (χ4v) is 7.75. The number of anilines is 1. The molecule has 2 aliphatic heterocycles. The van der Waals surface area contributed by atoms with Gasteiger partial charge in [-0.25, -0.2) is 9.48 Å². The lowest BCUT2D eigenvalue weighted by Crippen LogP contribution is -2.61. The molecule has 9 atom stereocenters. The molecule has 0 spiro atoms. The monoisotopic (exact) mass is 678 g/mol. The van der Waals surface area contributed by atoms with Crippen LogP contribution in [-0.2, 0) is 30.3 Å². The topological polar surface area (TPSA) is 142 Å². The summed E-state index contributed by atoms with van der Waals surface area (Å²) in [5.74, 6) is -2.16. The number of methoxy groups -OCH3 is 1. The van der Waals surface area contributed by atoms with Crippen molar-refractivity contribution in [2.75, 3.05) is 33.0 Å². The van der Waals surface area contributed by atoms with Crippen LogP contribution in [0.5, 0.6) is 0 Å². The Balaban J connectivity index is 1.62. The Morgan fingerprint density at radius 1 is 1.12 bits per heavy atom. The number of carbonyl (C=O) groups is 3. The second-order valence-corrected chi connectivity index (χ2v) is 14.6. The van der Waals surface area contributed by atoms with Gasteiger partial charge < -0.3 is 24.8 Å². The molecule has 13 heteroatoms. The summed E-state index contributed by atoms with van der Waals surface area (Å²) >= 11 is 0. The molecule has 0 saturated carbocycles. The van der Waals surface area contributed by atoms with E-state index in [4.69, 9.17) is 19.9 Å². The maximum absolute atomic E-state index is 13.7. The second-order valence-electron chi connectivity index (χ2n) is 14.6. The Morgan fingerprint density at radius 3 is 2.47 bits per heavy atom. The summed E-state index contributed by atoms with van der Waals surface area (Å²) in [7, 11) is 5.76. The van der Waals surface area contributed by atoms with E-state index in [1.54, 1.807) is 23.6 Å². The number of aromatic nitrogens is 3. The highest BCUT2D eigenvalue weighted by Gasteiger charge is 2.59. The van der Waals surface area contributed by atoms with Gasteiger partial charge in [0.25, 0.3) is 0 Å². The van der Waals surface area contributed by atoms with Gasteiger partial charge in [0.15, 0.2) is 5.60 Å². The average Bonchev–Trinajstić information content (AvgIpc) is 3.64. The van der Waals surface area contributed by atoms with Gasteiger partial charge in [0.1, 0.15) is 31.3 Å². The van der Waals surface area contributed by atoms with Gasteiger partial charge in [-0.05, 0) is 71.5 Å². The molecule has 2 fully saturated rings. The number of ketones is 1. The van der Waals surface area contributed by atoms with Gasteiger partial charge in [-0.2, -0.15) is 0 Å². The van der Waals surface area contributed by atoms with E-state index in [0.717, 1.165) is 5.56 Å². The van der Waals surface area contributed by atoms with Crippen molar-refractivity contribution in [2.45, 2.75) is 103 Å². The number of ether oxygens (including phenoxy) is 3. The van der Waals surface area contributed by atoms with Crippen LogP contribution in [0.2, 0.25) is 5.82 Å². The van der Waals surface area contributed by atoms with E-state index < -0.39 is 47.2 Å². The lowest BCUT2D eigenvalue weighted by atomic mass is 9.62. The first-order valence-electron chi connectivity index (χ1n) is 17.5. The molecule has 4 rings (SSSR count). The molecule has 0 radical (unpaired) electrons. The summed E-state index contributed by atoms with van der Waals surface area (Å²) in [4.78, 5) is 44.9. The van der Waals surface area contributed by atoms with Crippen molar-refractivity contribution >= 4 is 31.4 Å². The van der Waals surface area contributed by atoms with E-state index in [0.29, 0.717) is 37.3 Å². The zero-order valence-electron chi connectivity index (χ0n) is 30.9. The Bertz CT molecular complexity index is 1520. The Morgan fingerprint density at radius 2 is 1.82 bits per heavy atom. The SMILES string of the molecule is B[C@@H]1[C@@H](C)C(=O)[C@@H](C)C(=O)O[C@H](CC)[C@@]2(C)OC(=O)N(C/C=C/Cn3cc(-c4cccc(N)c4)nn3)[C@@H]2[C@@H](C)N(C)C[C@H](C)C[C@@]1(C)OC. The van der Waals surface area contributed by atoms with Crippen molar-refractivity contribution in [3.05, 3.63) is 42.6 Å². The lowest BCUT2D eigenvalue weighted by Gasteiger charge is -2.43. The van der Waals surface area contributed by atoms with Gasteiger partial charge in [-0.3, -0.25) is 14.5 Å².